The highest BCUT2D eigenvalue weighted by Crippen LogP contribution is 2.11. The summed E-state index contributed by atoms with van der Waals surface area (Å²) in [6.45, 7) is 4.36. The molecule has 1 nitrogen and oxygen atoms in total. The van der Waals surface area contributed by atoms with Gasteiger partial charge < -0.3 is 5.73 Å². The molecule has 0 aliphatic rings. The number of hydrogen-bond acceptors (Lipinski definition) is 1. The second kappa shape index (κ2) is 15.8. The second-order valence-electron chi connectivity index (χ2n) is 6.00. The molecule has 0 saturated heterocycles. The number of unbranched alkanes of at least 4 members (excludes halogenated alkanes) is 10. The van der Waals surface area contributed by atoms with Crippen LogP contribution in [-0.2, 0) is 0 Å². The fraction of sp³-hybridized carbons (Fsp3) is 0.889. The molecule has 0 bridgehead atoms. The number of nitrogens with two attached hydrogens (primary N) is 1. The Labute approximate surface area is 122 Å². The fourth-order valence-corrected chi connectivity index (χ4v) is 2.35. The molecular formula is C18H37N. The maximum atomic E-state index is 5.73. The first-order valence-corrected chi connectivity index (χ1v) is 8.68. The molecule has 1 heteroatoms. The molecule has 0 aromatic carbocycles. The van der Waals surface area contributed by atoms with Crippen LogP contribution in [0.1, 0.15) is 97.3 Å². The first kappa shape index (κ1) is 18.7. The second-order valence-corrected chi connectivity index (χ2v) is 6.00. The van der Waals surface area contributed by atoms with E-state index in [9.17, 15) is 0 Å². The highest BCUT2D eigenvalue weighted by atomic mass is 14.6. The molecule has 0 radical (unpaired) electrons. The topological polar surface area (TPSA) is 26.0 Å². The molecule has 0 amide bonds. The third-order valence-corrected chi connectivity index (χ3v) is 3.67. The van der Waals surface area contributed by atoms with E-state index in [1.807, 2.05) is 0 Å². The summed E-state index contributed by atoms with van der Waals surface area (Å²) in [5.74, 6) is 0. The van der Waals surface area contributed by atoms with Gasteiger partial charge in [-0.1, -0.05) is 76.9 Å². The van der Waals surface area contributed by atoms with Crippen molar-refractivity contribution in [3.05, 3.63) is 12.2 Å². The van der Waals surface area contributed by atoms with E-state index in [2.05, 4.69) is 26.0 Å². The van der Waals surface area contributed by atoms with E-state index < -0.39 is 0 Å². The Morgan fingerprint density at radius 1 is 0.737 bits per heavy atom. The highest BCUT2D eigenvalue weighted by molar-refractivity contribution is 4.81. The van der Waals surface area contributed by atoms with Crippen LogP contribution in [0.3, 0.4) is 0 Å². The van der Waals surface area contributed by atoms with Crippen LogP contribution in [0, 0.1) is 0 Å². The maximum Gasteiger partial charge on any atom is 0.00104 e. The minimum absolute atomic E-state index is 0.394. The quantitative estimate of drug-likeness (QED) is 0.304. The van der Waals surface area contributed by atoms with E-state index in [1.165, 1.54) is 83.5 Å². The molecule has 0 rings (SSSR count). The van der Waals surface area contributed by atoms with E-state index in [4.69, 9.17) is 5.73 Å². The van der Waals surface area contributed by atoms with Gasteiger partial charge in [-0.15, -0.1) is 0 Å². The van der Waals surface area contributed by atoms with Crippen LogP contribution in [0.2, 0.25) is 0 Å². The van der Waals surface area contributed by atoms with Crippen molar-refractivity contribution in [1.82, 2.24) is 0 Å². The van der Waals surface area contributed by atoms with Gasteiger partial charge in [0.1, 0.15) is 0 Å². The van der Waals surface area contributed by atoms with E-state index in [-0.39, 0.29) is 0 Å². The summed E-state index contributed by atoms with van der Waals surface area (Å²) in [5.41, 5.74) is 5.73. The van der Waals surface area contributed by atoms with E-state index in [0.29, 0.717) is 6.04 Å². The van der Waals surface area contributed by atoms with E-state index in [0.717, 1.165) is 0 Å². The zero-order valence-corrected chi connectivity index (χ0v) is 13.5. The minimum atomic E-state index is 0.394. The molecule has 0 heterocycles. The van der Waals surface area contributed by atoms with Crippen molar-refractivity contribution in [2.75, 3.05) is 0 Å². The molecule has 114 valence electrons. The number of rotatable bonds is 14. The highest BCUT2D eigenvalue weighted by Gasteiger charge is 1.95. The SMILES string of the molecule is CCCC/C=C/CCCCCCCCCCC(C)N. The van der Waals surface area contributed by atoms with Gasteiger partial charge in [0.15, 0.2) is 0 Å². The molecular weight excluding hydrogens is 230 g/mol. The molecule has 1 atom stereocenters. The van der Waals surface area contributed by atoms with Gasteiger partial charge in [-0.25, -0.2) is 0 Å². The minimum Gasteiger partial charge on any atom is -0.328 e. The lowest BCUT2D eigenvalue weighted by Gasteiger charge is -2.04. The summed E-state index contributed by atoms with van der Waals surface area (Å²) >= 11 is 0. The Balaban J connectivity index is 3.01. The number of allylic oxidation sites excluding steroid dienone is 2. The van der Waals surface area contributed by atoms with Crippen LogP contribution in [-0.4, -0.2) is 6.04 Å². The van der Waals surface area contributed by atoms with Gasteiger partial charge in [0.25, 0.3) is 0 Å². The smallest absolute Gasteiger partial charge is 0.00104 e. The molecule has 0 fully saturated rings. The predicted molar refractivity (Wildman–Crippen MR) is 88.5 cm³/mol. The summed E-state index contributed by atoms with van der Waals surface area (Å²) < 4.78 is 0. The lowest BCUT2D eigenvalue weighted by Crippen LogP contribution is -2.13. The Morgan fingerprint density at radius 3 is 1.74 bits per heavy atom. The van der Waals surface area contributed by atoms with Crippen molar-refractivity contribution in [2.45, 2.75) is 103 Å². The average Bonchev–Trinajstić information content (AvgIpc) is 2.39. The van der Waals surface area contributed by atoms with Crippen LogP contribution in [0.4, 0.5) is 0 Å². The van der Waals surface area contributed by atoms with Gasteiger partial charge in [-0.3, -0.25) is 0 Å². The van der Waals surface area contributed by atoms with Crippen molar-refractivity contribution in [2.24, 2.45) is 5.73 Å². The van der Waals surface area contributed by atoms with Gasteiger partial charge in [0.2, 0.25) is 0 Å². The first-order valence-electron chi connectivity index (χ1n) is 8.68. The fourth-order valence-electron chi connectivity index (χ4n) is 2.35. The van der Waals surface area contributed by atoms with Gasteiger partial charge in [-0.05, 0) is 32.6 Å². The van der Waals surface area contributed by atoms with Crippen molar-refractivity contribution in [3.8, 4) is 0 Å². The predicted octanol–water partition coefficient (Wildman–Crippen LogP) is 5.98. The van der Waals surface area contributed by atoms with Crippen molar-refractivity contribution < 1.29 is 0 Å². The third kappa shape index (κ3) is 17.7. The summed E-state index contributed by atoms with van der Waals surface area (Å²) in [6, 6.07) is 0.394. The average molecular weight is 268 g/mol. The molecule has 19 heavy (non-hydrogen) atoms. The molecule has 0 aromatic rings. The Kier molecular flexibility index (Phi) is 15.5. The van der Waals surface area contributed by atoms with Crippen molar-refractivity contribution in [1.29, 1.82) is 0 Å². The Bertz CT molecular complexity index is 184. The van der Waals surface area contributed by atoms with Gasteiger partial charge in [0, 0.05) is 6.04 Å². The van der Waals surface area contributed by atoms with Gasteiger partial charge in [-0.2, -0.15) is 0 Å². The van der Waals surface area contributed by atoms with Gasteiger partial charge in [0.05, 0.1) is 0 Å². The standard InChI is InChI=1S/C18H37N/c1-3-4-5-6-7-8-9-10-11-12-13-14-15-16-17-18(2)19/h6-7,18H,3-5,8-17,19H2,1-2H3/b7-6+. The first-order chi connectivity index (χ1) is 9.27. The zero-order chi connectivity index (χ0) is 14.2. The van der Waals surface area contributed by atoms with Crippen LogP contribution in [0.15, 0.2) is 12.2 Å². The van der Waals surface area contributed by atoms with Crippen LogP contribution in [0.25, 0.3) is 0 Å². The lowest BCUT2D eigenvalue weighted by molar-refractivity contribution is 0.539. The normalized spacial score (nSPS) is 13.2. The van der Waals surface area contributed by atoms with Crippen molar-refractivity contribution >= 4 is 0 Å². The van der Waals surface area contributed by atoms with Crippen LogP contribution >= 0.6 is 0 Å². The molecule has 0 saturated carbocycles. The van der Waals surface area contributed by atoms with Crippen LogP contribution in [0.5, 0.6) is 0 Å². The summed E-state index contributed by atoms with van der Waals surface area (Å²) in [5, 5.41) is 0. The van der Waals surface area contributed by atoms with Crippen molar-refractivity contribution in [3.63, 3.8) is 0 Å². The molecule has 2 N–H and O–H groups in total. The number of hydrogen-bond donors (Lipinski definition) is 1. The summed E-state index contributed by atoms with van der Waals surface area (Å²) in [6.07, 6.45) is 22.3. The Morgan fingerprint density at radius 2 is 1.21 bits per heavy atom. The largest absolute Gasteiger partial charge is 0.328 e. The van der Waals surface area contributed by atoms with Crippen LogP contribution < -0.4 is 5.73 Å². The molecule has 1 unspecified atom stereocenters. The van der Waals surface area contributed by atoms with Gasteiger partial charge >= 0.3 is 0 Å². The zero-order valence-electron chi connectivity index (χ0n) is 13.5. The lowest BCUT2D eigenvalue weighted by atomic mass is 10.0. The van der Waals surface area contributed by atoms with E-state index >= 15 is 0 Å². The summed E-state index contributed by atoms with van der Waals surface area (Å²) in [4.78, 5) is 0. The Hall–Kier alpha value is -0.300. The summed E-state index contributed by atoms with van der Waals surface area (Å²) in [7, 11) is 0. The van der Waals surface area contributed by atoms with E-state index in [1.54, 1.807) is 0 Å². The maximum absolute atomic E-state index is 5.73. The molecule has 0 spiro atoms. The molecule has 0 aliphatic heterocycles. The molecule has 0 aromatic heterocycles. The third-order valence-electron chi connectivity index (χ3n) is 3.67. The molecule has 0 aliphatic carbocycles. The monoisotopic (exact) mass is 267 g/mol.